The minimum absolute atomic E-state index is 0.0649. The molecular formula is C12H20N7O7P. The average molecular weight is 405 g/mol. The molecule has 0 saturated carbocycles. The topological polar surface area (TPSA) is 238 Å². The molecule has 2 aromatic heterocycles. The monoisotopic (exact) mass is 405 g/mol. The zero-order valence-corrected chi connectivity index (χ0v) is 14.8. The number of hydrogen-bond donors (Lipinski definition) is 7. The number of phosphoric ester groups is 1. The van der Waals surface area contributed by atoms with Crippen LogP contribution in [0.3, 0.4) is 0 Å². The molecule has 3 heterocycles. The lowest BCUT2D eigenvalue weighted by Crippen LogP contribution is -2.53. The van der Waals surface area contributed by atoms with E-state index in [2.05, 4.69) is 19.5 Å². The first-order valence-electron chi connectivity index (χ1n) is 7.79. The number of anilines is 1. The lowest BCUT2D eigenvalue weighted by Gasteiger charge is -2.30. The third-order valence-corrected chi connectivity index (χ3v) is 4.62. The van der Waals surface area contributed by atoms with Crippen LogP contribution in [-0.2, 0) is 26.1 Å². The van der Waals surface area contributed by atoms with Gasteiger partial charge in [0.15, 0.2) is 17.0 Å². The molecule has 1 fully saturated rings. The maximum absolute atomic E-state index is 10.9. The summed E-state index contributed by atoms with van der Waals surface area (Å²) in [6.07, 6.45) is -3.26. The van der Waals surface area contributed by atoms with Crippen LogP contribution in [0.25, 0.3) is 11.2 Å². The molecule has 1 aliphatic heterocycles. The van der Waals surface area contributed by atoms with E-state index in [-0.39, 0.29) is 35.8 Å². The van der Waals surface area contributed by atoms with Crippen LogP contribution in [-0.4, -0.2) is 71.0 Å². The minimum Gasteiger partial charge on any atom is -0.387 e. The molecule has 4 atom stereocenters. The number of nitrogens with two attached hydrogens (primary N) is 3. The Bertz CT molecular complexity index is 888. The van der Waals surface area contributed by atoms with Crippen molar-refractivity contribution in [2.45, 2.75) is 30.6 Å². The van der Waals surface area contributed by atoms with Crippen LogP contribution in [0.5, 0.6) is 0 Å². The summed E-state index contributed by atoms with van der Waals surface area (Å²) in [5, 5.41) is 20.7. The van der Waals surface area contributed by atoms with E-state index in [1.54, 1.807) is 0 Å². The number of aliphatic hydroxyl groups is 2. The summed E-state index contributed by atoms with van der Waals surface area (Å²) in [6.45, 7) is -0.534. The van der Waals surface area contributed by atoms with E-state index in [0.717, 1.165) is 6.33 Å². The van der Waals surface area contributed by atoms with Crippen molar-refractivity contribution in [3.63, 3.8) is 0 Å². The molecule has 0 bridgehead atoms. The van der Waals surface area contributed by atoms with Gasteiger partial charge in [0.1, 0.15) is 30.5 Å². The van der Waals surface area contributed by atoms with Crippen LogP contribution < -0.4 is 17.2 Å². The molecule has 1 aliphatic rings. The molecule has 3 rings (SSSR count). The van der Waals surface area contributed by atoms with Gasteiger partial charge in [-0.2, -0.15) is 0 Å². The number of nitrogen functional groups attached to an aromatic ring is 1. The third kappa shape index (κ3) is 3.54. The lowest BCUT2D eigenvalue weighted by atomic mass is 10.1. The van der Waals surface area contributed by atoms with E-state index in [1.165, 1.54) is 4.57 Å². The Balaban J connectivity index is 2.05. The van der Waals surface area contributed by atoms with Crippen LogP contribution in [0.2, 0.25) is 0 Å². The van der Waals surface area contributed by atoms with E-state index in [0.29, 0.717) is 0 Å². The Morgan fingerprint density at radius 3 is 2.70 bits per heavy atom. The number of nitrogens with zero attached hydrogens (tertiary/aromatic N) is 4. The van der Waals surface area contributed by atoms with Crippen molar-refractivity contribution in [2.75, 3.05) is 18.9 Å². The number of hydrogen-bond acceptors (Lipinski definition) is 11. The molecule has 0 unspecified atom stereocenters. The first kappa shape index (κ1) is 20.0. The molecule has 1 saturated heterocycles. The molecular weight excluding hydrogens is 385 g/mol. The van der Waals surface area contributed by atoms with Gasteiger partial charge in [0, 0.05) is 6.42 Å². The Labute approximate surface area is 152 Å². The number of aliphatic hydroxyl groups excluding tert-OH is 2. The van der Waals surface area contributed by atoms with Crippen LogP contribution >= 0.6 is 7.82 Å². The summed E-state index contributed by atoms with van der Waals surface area (Å²) < 4.78 is 22.0. The summed E-state index contributed by atoms with van der Waals surface area (Å²) in [4.78, 5) is 29.8. The van der Waals surface area contributed by atoms with Crippen LogP contribution in [0.15, 0.2) is 6.33 Å². The summed E-state index contributed by atoms with van der Waals surface area (Å²) in [7, 11) is -4.82. The molecule has 150 valence electrons. The normalized spacial score (nSPS) is 28.9. The van der Waals surface area contributed by atoms with Gasteiger partial charge in [-0.25, -0.2) is 19.5 Å². The van der Waals surface area contributed by atoms with Crippen molar-refractivity contribution in [1.82, 2.24) is 19.5 Å². The maximum atomic E-state index is 10.9. The minimum atomic E-state index is -4.82. The highest BCUT2D eigenvalue weighted by atomic mass is 31.2. The van der Waals surface area contributed by atoms with Gasteiger partial charge in [-0.3, -0.25) is 14.8 Å². The SMILES string of the molecule is NCCc1nc2c(N)ncnc2n1[C@]1(N)O[C@H](COP(=O)(O)O)[C@@H](O)[C@H]1O. The summed E-state index contributed by atoms with van der Waals surface area (Å²) >= 11 is 0. The molecule has 27 heavy (non-hydrogen) atoms. The smallest absolute Gasteiger partial charge is 0.387 e. The first-order valence-corrected chi connectivity index (χ1v) is 9.32. The molecule has 10 N–H and O–H groups in total. The van der Waals surface area contributed by atoms with Crippen molar-refractivity contribution in [3.8, 4) is 0 Å². The largest absolute Gasteiger partial charge is 0.469 e. The van der Waals surface area contributed by atoms with Crippen molar-refractivity contribution >= 4 is 24.8 Å². The number of phosphoric acid groups is 1. The zero-order valence-electron chi connectivity index (χ0n) is 13.9. The summed E-state index contributed by atoms with van der Waals surface area (Å²) in [6, 6.07) is 0. The zero-order chi connectivity index (χ0) is 20.0. The van der Waals surface area contributed by atoms with Gasteiger partial charge >= 0.3 is 7.82 Å². The average Bonchev–Trinajstić information content (AvgIpc) is 3.06. The lowest BCUT2D eigenvalue weighted by molar-refractivity contribution is -0.142. The summed E-state index contributed by atoms with van der Waals surface area (Å²) in [5.41, 5.74) is 18.0. The van der Waals surface area contributed by atoms with Gasteiger partial charge < -0.3 is 36.2 Å². The molecule has 0 aromatic carbocycles. The van der Waals surface area contributed by atoms with Gasteiger partial charge in [0.2, 0.25) is 5.85 Å². The second-order valence-electron chi connectivity index (χ2n) is 5.96. The molecule has 14 nitrogen and oxygen atoms in total. The van der Waals surface area contributed by atoms with Crippen molar-refractivity contribution < 1.29 is 33.8 Å². The predicted molar refractivity (Wildman–Crippen MR) is 89.5 cm³/mol. The highest BCUT2D eigenvalue weighted by molar-refractivity contribution is 7.46. The van der Waals surface area contributed by atoms with Gasteiger partial charge in [-0.1, -0.05) is 0 Å². The number of aromatic nitrogens is 4. The standard InChI is InChI=1S/C12H20N7O7P/c13-2-1-6-18-7-10(14)16-4-17-11(7)19(6)12(15)9(21)8(20)5(26-12)3-25-27(22,23)24/h4-5,8-9,20-21H,1-3,13,15H2,(H2,14,16,17)(H2,22,23,24)/t5-,8-,9-,12+/m1/s1. The second-order valence-corrected chi connectivity index (χ2v) is 7.20. The Hall–Kier alpha value is -1.74. The highest BCUT2D eigenvalue weighted by Crippen LogP contribution is 2.40. The summed E-state index contributed by atoms with van der Waals surface area (Å²) in [5.74, 6) is -1.73. The second kappa shape index (κ2) is 7.01. The molecule has 0 aliphatic carbocycles. The molecule has 15 heteroatoms. The van der Waals surface area contributed by atoms with E-state index in [4.69, 9.17) is 31.7 Å². The number of imidazole rings is 1. The van der Waals surface area contributed by atoms with Crippen LogP contribution in [0.1, 0.15) is 5.82 Å². The number of ether oxygens (including phenoxy) is 1. The predicted octanol–water partition coefficient (Wildman–Crippen LogP) is -3.29. The van der Waals surface area contributed by atoms with Gasteiger partial charge in [0.25, 0.3) is 0 Å². The van der Waals surface area contributed by atoms with Crippen molar-refractivity contribution in [3.05, 3.63) is 12.2 Å². The fourth-order valence-electron chi connectivity index (χ4n) is 2.94. The number of rotatable bonds is 6. The molecule has 2 aromatic rings. The van der Waals surface area contributed by atoms with Crippen molar-refractivity contribution in [2.24, 2.45) is 11.5 Å². The molecule has 0 radical (unpaired) electrons. The number of fused-ring (bicyclic) bond motifs is 1. The Morgan fingerprint density at radius 1 is 1.37 bits per heavy atom. The third-order valence-electron chi connectivity index (χ3n) is 4.13. The van der Waals surface area contributed by atoms with Crippen LogP contribution in [0, 0.1) is 0 Å². The van der Waals surface area contributed by atoms with E-state index in [9.17, 15) is 14.8 Å². The quantitative estimate of drug-likeness (QED) is 0.233. The van der Waals surface area contributed by atoms with Gasteiger partial charge in [-0.15, -0.1) is 0 Å². The molecule has 0 amide bonds. The van der Waals surface area contributed by atoms with E-state index >= 15 is 0 Å². The van der Waals surface area contributed by atoms with Gasteiger partial charge in [0.05, 0.1) is 6.61 Å². The fraction of sp³-hybridized carbons (Fsp3) is 0.583. The van der Waals surface area contributed by atoms with Crippen molar-refractivity contribution in [1.29, 1.82) is 0 Å². The van der Waals surface area contributed by atoms with E-state index < -0.39 is 38.6 Å². The maximum Gasteiger partial charge on any atom is 0.469 e. The molecule has 0 spiro atoms. The fourth-order valence-corrected chi connectivity index (χ4v) is 3.28. The highest BCUT2D eigenvalue weighted by Gasteiger charge is 2.55. The van der Waals surface area contributed by atoms with Gasteiger partial charge in [-0.05, 0) is 6.54 Å². The van der Waals surface area contributed by atoms with E-state index in [1.807, 2.05) is 0 Å². The first-order chi connectivity index (χ1) is 12.6. The van der Waals surface area contributed by atoms with Crippen LogP contribution in [0.4, 0.5) is 5.82 Å². The Kier molecular flexibility index (Phi) is 5.20. The Morgan fingerprint density at radius 2 is 2.07 bits per heavy atom.